The average molecular weight is 254 g/mol. The number of amides is 1. The summed E-state index contributed by atoms with van der Waals surface area (Å²) >= 11 is 0. The van der Waals surface area contributed by atoms with E-state index in [4.69, 9.17) is 0 Å². The van der Waals surface area contributed by atoms with Crippen LogP contribution < -0.4 is 5.32 Å². The van der Waals surface area contributed by atoms with Crippen LogP contribution in [0.5, 0.6) is 0 Å². The maximum absolute atomic E-state index is 11.8. The minimum Gasteiger partial charge on any atom is -0.352 e. The van der Waals surface area contributed by atoms with Gasteiger partial charge in [-0.3, -0.25) is 9.78 Å². The largest absolute Gasteiger partial charge is 0.352 e. The van der Waals surface area contributed by atoms with E-state index in [9.17, 15) is 4.79 Å². The molecule has 0 unspecified atom stereocenters. The Morgan fingerprint density at radius 2 is 1.84 bits per heavy atom. The summed E-state index contributed by atoms with van der Waals surface area (Å²) in [4.78, 5) is 15.7. The van der Waals surface area contributed by atoms with Crippen LogP contribution in [0, 0.1) is 0 Å². The summed E-state index contributed by atoms with van der Waals surface area (Å²) in [5.41, 5.74) is 1.96. The summed E-state index contributed by atoms with van der Waals surface area (Å²) in [7, 11) is 0. The van der Waals surface area contributed by atoms with Crippen molar-refractivity contribution in [2.75, 3.05) is 6.54 Å². The highest BCUT2D eigenvalue weighted by molar-refractivity contribution is 5.93. The van der Waals surface area contributed by atoms with Gasteiger partial charge in [0.1, 0.15) is 0 Å². The monoisotopic (exact) mass is 254 g/mol. The molecule has 3 heteroatoms. The first-order valence-electron chi connectivity index (χ1n) is 6.50. The Morgan fingerprint density at radius 3 is 2.53 bits per heavy atom. The van der Waals surface area contributed by atoms with Crippen LogP contribution in [0.25, 0.3) is 0 Å². The molecule has 1 aromatic carbocycles. The van der Waals surface area contributed by atoms with Crippen molar-refractivity contribution < 1.29 is 4.79 Å². The van der Waals surface area contributed by atoms with Crippen molar-refractivity contribution in [1.82, 2.24) is 10.3 Å². The second-order valence-corrected chi connectivity index (χ2v) is 4.59. The third-order valence-corrected chi connectivity index (χ3v) is 3.17. The molecule has 3 nitrogen and oxygen atoms in total. The van der Waals surface area contributed by atoms with Gasteiger partial charge in [-0.25, -0.2) is 0 Å². The van der Waals surface area contributed by atoms with E-state index in [1.807, 2.05) is 18.2 Å². The number of hydrogen-bond donors (Lipinski definition) is 1. The van der Waals surface area contributed by atoms with Gasteiger partial charge >= 0.3 is 0 Å². The van der Waals surface area contributed by atoms with Gasteiger partial charge in [0.05, 0.1) is 0 Å². The minimum absolute atomic E-state index is 0.0392. The van der Waals surface area contributed by atoms with Gasteiger partial charge in [0.15, 0.2) is 0 Å². The first-order valence-corrected chi connectivity index (χ1v) is 6.50. The standard InChI is InChI=1S/C16H18N2O/c1-13(14-5-3-2-4-6-14)7-12-18-16(19)15-8-10-17-11-9-15/h2-6,8-11,13H,7,12H2,1H3,(H,18,19)/t13-/m1/s1. The number of aromatic nitrogens is 1. The Bertz CT molecular complexity index is 511. The van der Waals surface area contributed by atoms with Crippen LogP contribution in [0.4, 0.5) is 0 Å². The van der Waals surface area contributed by atoms with Gasteiger partial charge in [-0.05, 0) is 30.0 Å². The van der Waals surface area contributed by atoms with E-state index in [2.05, 4.69) is 29.4 Å². The third kappa shape index (κ3) is 3.91. The number of pyridine rings is 1. The fourth-order valence-corrected chi connectivity index (χ4v) is 1.96. The van der Waals surface area contributed by atoms with Crippen molar-refractivity contribution in [2.24, 2.45) is 0 Å². The number of carbonyl (C=O) groups excluding carboxylic acids is 1. The van der Waals surface area contributed by atoms with Crippen molar-refractivity contribution >= 4 is 5.91 Å². The van der Waals surface area contributed by atoms with E-state index < -0.39 is 0 Å². The number of hydrogen-bond acceptors (Lipinski definition) is 2. The summed E-state index contributed by atoms with van der Waals surface area (Å²) < 4.78 is 0. The Kier molecular flexibility index (Phi) is 4.67. The van der Waals surface area contributed by atoms with Gasteiger partial charge in [0.2, 0.25) is 0 Å². The van der Waals surface area contributed by atoms with Gasteiger partial charge in [-0.15, -0.1) is 0 Å². The molecular weight excluding hydrogens is 236 g/mol. The molecule has 2 rings (SSSR count). The first kappa shape index (κ1) is 13.3. The van der Waals surface area contributed by atoms with E-state index in [0.717, 1.165) is 6.42 Å². The van der Waals surface area contributed by atoms with E-state index in [-0.39, 0.29) is 5.91 Å². The van der Waals surface area contributed by atoms with E-state index in [1.165, 1.54) is 5.56 Å². The summed E-state index contributed by atoms with van der Waals surface area (Å²) in [6.45, 7) is 2.85. The van der Waals surface area contributed by atoms with Gasteiger partial charge in [0.25, 0.3) is 5.91 Å². The zero-order chi connectivity index (χ0) is 13.5. The third-order valence-electron chi connectivity index (χ3n) is 3.17. The Hall–Kier alpha value is -2.16. The zero-order valence-electron chi connectivity index (χ0n) is 11.0. The Labute approximate surface area is 113 Å². The van der Waals surface area contributed by atoms with Gasteiger partial charge in [-0.1, -0.05) is 37.3 Å². The van der Waals surface area contributed by atoms with Gasteiger partial charge in [-0.2, -0.15) is 0 Å². The topological polar surface area (TPSA) is 42.0 Å². The predicted octanol–water partition coefficient (Wildman–Crippen LogP) is 3.01. The second kappa shape index (κ2) is 6.69. The smallest absolute Gasteiger partial charge is 0.251 e. The SMILES string of the molecule is C[C@H](CCNC(=O)c1ccncc1)c1ccccc1. The van der Waals surface area contributed by atoms with E-state index in [0.29, 0.717) is 18.0 Å². The molecular formula is C16H18N2O. The van der Waals surface area contributed by atoms with Gasteiger partial charge in [0, 0.05) is 24.5 Å². The molecule has 1 atom stereocenters. The van der Waals surface area contributed by atoms with E-state index >= 15 is 0 Å². The van der Waals surface area contributed by atoms with Crippen LogP contribution >= 0.6 is 0 Å². The molecule has 0 fully saturated rings. The Balaban J connectivity index is 1.79. The summed E-state index contributed by atoms with van der Waals surface area (Å²) in [5, 5.41) is 2.93. The second-order valence-electron chi connectivity index (χ2n) is 4.59. The molecule has 0 aliphatic carbocycles. The summed E-state index contributed by atoms with van der Waals surface area (Å²) in [6, 6.07) is 13.8. The lowest BCUT2D eigenvalue weighted by Gasteiger charge is -2.12. The number of benzene rings is 1. The molecule has 0 spiro atoms. The lowest BCUT2D eigenvalue weighted by Crippen LogP contribution is -2.25. The highest BCUT2D eigenvalue weighted by Crippen LogP contribution is 2.17. The molecule has 0 aliphatic rings. The van der Waals surface area contributed by atoms with Crippen molar-refractivity contribution in [3.05, 3.63) is 66.0 Å². The van der Waals surface area contributed by atoms with Crippen molar-refractivity contribution in [3.63, 3.8) is 0 Å². The molecule has 1 amide bonds. The van der Waals surface area contributed by atoms with Crippen LogP contribution in [-0.2, 0) is 0 Å². The van der Waals surface area contributed by atoms with Crippen molar-refractivity contribution in [2.45, 2.75) is 19.3 Å². The molecule has 0 saturated heterocycles. The fourth-order valence-electron chi connectivity index (χ4n) is 1.96. The average Bonchev–Trinajstić information content (AvgIpc) is 2.49. The van der Waals surface area contributed by atoms with Gasteiger partial charge < -0.3 is 5.32 Å². The lowest BCUT2D eigenvalue weighted by atomic mass is 9.98. The number of rotatable bonds is 5. The highest BCUT2D eigenvalue weighted by atomic mass is 16.1. The zero-order valence-corrected chi connectivity index (χ0v) is 11.0. The highest BCUT2D eigenvalue weighted by Gasteiger charge is 2.07. The van der Waals surface area contributed by atoms with E-state index in [1.54, 1.807) is 24.5 Å². The number of nitrogens with one attached hydrogen (secondary N) is 1. The number of nitrogens with zero attached hydrogens (tertiary/aromatic N) is 1. The first-order chi connectivity index (χ1) is 9.27. The fraction of sp³-hybridized carbons (Fsp3) is 0.250. The summed E-state index contributed by atoms with van der Waals surface area (Å²) in [6.07, 6.45) is 4.18. The normalized spacial score (nSPS) is 11.8. The molecule has 0 aliphatic heterocycles. The lowest BCUT2D eigenvalue weighted by molar-refractivity contribution is 0.0952. The molecule has 0 saturated carbocycles. The molecule has 0 bridgehead atoms. The maximum atomic E-state index is 11.8. The Morgan fingerprint density at radius 1 is 1.16 bits per heavy atom. The molecule has 98 valence electrons. The predicted molar refractivity (Wildman–Crippen MR) is 76.0 cm³/mol. The van der Waals surface area contributed by atoms with Crippen LogP contribution in [0.3, 0.4) is 0 Å². The molecule has 1 heterocycles. The number of carbonyl (C=O) groups is 1. The summed E-state index contributed by atoms with van der Waals surface area (Å²) in [5.74, 6) is 0.404. The molecule has 0 radical (unpaired) electrons. The van der Waals surface area contributed by atoms with Crippen LogP contribution in [0.15, 0.2) is 54.9 Å². The quantitative estimate of drug-likeness (QED) is 0.891. The molecule has 1 aromatic heterocycles. The van der Waals surface area contributed by atoms with Crippen LogP contribution in [0.2, 0.25) is 0 Å². The van der Waals surface area contributed by atoms with Crippen LogP contribution in [-0.4, -0.2) is 17.4 Å². The maximum Gasteiger partial charge on any atom is 0.251 e. The van der Waals surface area contributed by atoms with Crippen molar-refractivity contribution in [1.29, 1.82) is 0 Å². The molecule has 19 heavy (non-hydrogen) atoms. The van der Waals surface area contributed by atoms with Crippen LogP contribution in [0.1, 0.15) is 35.2 Å². The minimum atomic E-state index is -0.0392. The van der Waals surface area contributed by atoms with Crippen molar-refractivity contribution in [3.8, 4) is 0 Å². The molecule has 2 aromatic rings. The molecule has 1 N–H and O–H groups in total.